The second-order valence-corrected chi connectivity index (χ2v) is 8.24. The lowest BCUT2D eigenvalue weighted by Crippen LogP contribution is -2.31. The third kappa shape index (κ3) is 4.60. The van der Waals surface area contributed by atoms with E-state index in [2.05, 4.69) is 28.9 Å². The number of H-pyrrole nitrogens is 1. The lowest BCUT2D eigenvalue weighted by molar-refractivity contribution is 0.0697. The predicted octanol–water partition coefficient (Wildman–Crippen LogP) is 5.28. The molecule has 6 heteroatoms. The fraction of sp³-hybridized carbons (Fsp3) is 0.400. The van der Waals surface area contributed by atoms with Gasteiger partial charge < -0.3 is 20.1 Å². The largest absolute Gasteiger partial charge is 0.661 e. The van der Waals surface area contributed by atoms with Crippen LogP contribution in [0.4, 0.5) is 0 Å². The van der Waals surface area contributed by atoms with E-state index in [9.17, 15) is 9.90 Å². The topological polar surface area (TPSA) is 79.7 Å². The number of aromatic amines is 1. The number of carboxylic acid groups (broad SMARTS) is 1. The van der Waals surface area contributed by atoms with E-state index in [1.165, 1.54) is 16.5 Å². The molecule has 31 heavy (non-hydrogen) atoms. The average molecular weight is 421 g/mol. The number of hydrogen-bond acceptors (Lipinski definition) is 3. The highest BCUT2D eigenvalue weighted by atomic mass is 16.5. The summed E-state index contributed by atoms with van der Waals surface area (Å²) in [5.74, 6) is 0.00295. The summed E-state index contributed by atoms with van der Waals surface area (Å²) < 4.78 is 5.78. The molecule has 1 saturated heterocycles. The van der Waals surface area contributed by atoms with E-state index in [1.54, 1.807) is 19.2 Å². The molecule has 0 saturated carbocycles. The molecule has 1 fully saturated rings. The van der Waals surface area contributed by atoms with Crippen LogP contribution >= 0.6 is 0 Å². The van der Waals surface area contributed by atoms with E-state index >= 15 is 0 Å². The molecule has 3 aromatic rings. The minimum Gasteiger partial charge on any atom is -0.661 e. The number of methoxy groups -OCH3 is 1. The van der Waals surface area contributed by atoms with Gasteiger partial charge in [0.2, 0.25) is 0 Å². The van der Waals surface area contributed by atoms with Crippen LogP contribution in [0.1, 0.15) is 52.4 Å². The Hall–Kier alpha value is -2.83. The van der Waals surface area contributed by atoms with E-state index in [-0.39, 0.29) is 6.04 Å². The Morgan fingerprint density at radius 1 is 1.23 bits per heavy atom. The van der Waals surface area contributed by atoms with Crippen molar-refractivity contribution in [1.29, 1.82) is 0 Å². The van der Waals surface area contributed by atoms with Crippen molar-refractivity contribution in [2.24, 2.45) is 0 Å². The van der Waals surface area contributed by atoms with Gasteiger partial charge in [0.15, 0.2) is 0 Å². The minimum absolute atomic E-state index is 0.0981. The van der Waals surface area contributed by atoms with Crippen molar-refractivity contribution in [2.45, 2.75) is 38.8 Å². The fourth-order valence-corrected chi connectivity index (χ4v) is 4.54. The predicted molar refractivity (Wildman–Crippen MR) is 123 cm³/mol. The van der Waals surface area contributed by atoms with E-state index in [0.29, 0.717) is 12.1 Å². The molecule has 0 spiro atoms. The zero-order chi connectivity index (χ0) is 21.8. The van der Waals surface area contributed by atoms with Crippen LogP contribution in [0.15, 0.2) is 42.6 Å². The first-order chi connectivity index (χ1) is 15.1. The van der Waals surface area contributed by atoms with Gasteiger partial charge in [0.05, 0.1) is 12.7 Å². The van der Waals surface area contributed by atoms with Crippen molar-refractivity contribution in [3.63, 3.8) is 0 Å². The molecule has 0 radical (unpaired) electrons. The second-order valence-electron chi connectivity index (χ2n) is 8.24. The maximum Gasteiger partial charge on any atom is 0.335 e. The maximum absolute atomic E-state index is 11.3. The van der Waals surface area contributed by atoms with Crippen LogP contribution in [0.3, 0.4) is 0 Å². The first-order valence-electron chi connectivity index (χ1n) is 10.9. The van der Waals surface area contributed by atoms with Gasteiger partial charge in [-0.15, -0.1) is 13.1 Å². The summed E-state index contributed by atoms with van der Waals surface area (Å²) >= 11 is 0. The van der Waals surface area contributed by atoms with Crippen LogP contribution in [0, 0.1) is 6.92 Å². The van der Waals surface area contributed by atoms with Gasteiger partial charge in [0, 0.05) is 35.2 Å². The Morgan fingerprint density at radius 2 is 2.03 bits per heavy atom. The Balaban J connectivity index is 1.72. The van der Waals surface area contributed by atoms with Gasteiger partial charge in [-0.05, 0) is 55.3 Å². The molecule has 4 rings (SSSR count). The van der Waals surface area contributed by atoms with Gasteiger partial charge in [-0.1, -0.05) is 25.0 Å². The monoisotopic (exact) mass is 420 g/mol. The van der Waals surface area contributed by atoms with Crippen LogP contribution in [-0.2, 0) is 6.54 Å². The second kappa shape index (κ2) is 9.54. The SMILES string of the molecule is COc1cc(C)c2[nH]ccc2c1CN1CCCCC[N-]CC1c1ccc(C(=O)O)cc1. The zero-order valence-electron chi connectivity index (χ0n) is 18.2. The number of carboxylic acids is 1. The van der Waals surface area contributed by atoms with Crippen molar-refractivity contribution < 1.29 is 14.6 Å². The lowest BCUT2D eigenvalue weighted by Gasteiger charge is -2.36. The molecule has 0 aliphatic carbocycles. The van der Waals surface area contributed by atoms with Crippen LogP contribution < -0.4 is 4.74 Å². The van der Waals surface area contributed by atoms with Crippen LogP contribution in [0.25, 0.3) is 16.2 Å². The van der Waals surface area contributed by atoms with E-state index in [4.69, 9.17) is 10.1 Å². The summed E-state index contributed by atoms with van der Waals surface area (Å²) in [5, 5.41) is 15.3. The molecule has 0 amide bonds. The number of nitrogens with one attached hydrogen (secondary N) is 1. The number of nitrogens with zero attached hydrogens (tertiary/aromatic N) is 2. The van der Waals surface area contributed by atoms with E-state index in [0.717, 1.165) is 55.7 Å². The van der Waals surface area contributed by atoms with Gasteiger partial charge >= 0.3 is 5.97 Å². The number of rotatable bonds is 5. The number of fused-ring (bicyclic) bond motifs is 1. The lowest BCUT2D eigenvalue weighted by atomic mass is 10.00. The molecule has 0 bridgehead atoms. The summed E-state index contributed by atoms with van der Waals surface area (Å²) in [5.41, 5.74) is 4.90. The highest BCUT2D eigenvalue weighted by Gasteiger charge is 2.22. The highest BCUT2D eigenvalue weighted by Crippen LogP contribution is 2.34. The Morgan fingerprint density at radius 3 is 2.77 bits per heavy atom. The Kier molecular flexibility index (Phi) is 6.59. The molecule has 2 aromatic carbocycles. The number of carbonyl (C=O) groups is 1. The van der Waals surface area contributed by atoms with Crippen LogP contribution in [-0.4, -0.2) is 47.7 Å². The standard InChI is InChI=1S/C25H30N3O3/c1-17-14-23(31-2)21(20-10-12-27-24(17)20)16-28-13-5-3-4-11-26-15-22(28)18-6-8-19(9-7-18)25(29)30/h6-10,12,14,22,27H,3-5,11,13,15-16H2,1-2H3,(H,29,30)/q-1. The Bertz CT molecular complexity index is 1040. The number of hydrogen-bond donors (Lipinski definition) is 2. The van der Waals surface area contributed by atoms with Crippen molar-refractivity contribution in [2.75, 3.05) is 26.7 Å². The van der Waals surface area contributed by atoms with Gasteiger partial charge in [-0.25, -0.2) is 4.79 Å². The van der Waals surface area contributed by atoms with Crippen molar-refractivity contribution >= 4 is 16.9 Å². The van der Waals surface area contributed by atoms with Gasteiger partial charge in [-0.2, -0.15) is 0 Å². The first kappa shape index (κ1) is 21.4. The van der Waals surface area contributed by atoms with E-state index < -0.39 is 5.97 Å². The van der Waals surface area contributed by atoms with Gasteiger partial charge in [0.25, 0.3) is 0 Å². The number of benzene rings is 2. The number of ether oxygens (including phenoxy) is 1. The van der Waals surface area contributed by atoms with Crippen molar-refractivity contribution in [3.8, 4) is 5.75 Å². The molecule has 6 nitrogen and oxygen atoms in total. The molecular weight excluding hydrogens is 390 g/mol. The molecule has 2 N–H and O–H groups in total. The number of aromatic carboxylic acids is 1. The minimum atomic E-state index is -0.901. The van der Waals surface area contributed by atoms with Crippen molar-refractivity contribution in [1.82, 2.24) is 9.88 Å². The summed E-state index contributed by atoms with van der Waals surface area (Å²) in [4.78, 5) is 17.1. The van der Waals surface area contributed by atoms with Crippen LogP contribution in [0.2, 0.25) is 0 Å². The molecule has 1 aliphatic heterocycles. The molecule has 1 atom stereocenters. The molecule has 164 valence electrons. The summed E-state index contributed by atoms with van der Waals surface area (Å²) in [6.45, 7) is 5.39. The maximum atomic E-state index is 11.3. The molecule has 1 unspecified atom stereocenters. The average Bonchev–Trinajstić information content (AvgIpc) is 3.30. The first-order valence-corrected chi connectivity index (χ1v) is 10.9. The molecule has 1 aliphatic rings. The molecule has 2 heterocycles. The quantitative estimate of drug-likeness (QED) is 0.588. The Labute approximate surface area is 183 Å². The smallest absolute Gasteiger partial charge is 0.335 e. The number of aryl methyl sites for hydroxylation is 1. The zero-order valence-corrected chi connectivity index (χ0v) is 18.2. The van der Waals surface area contributed by atoms with Crippen molar-refractivity contribution in [3.05, 3.63) is 70.2 Å². The summed E-state index contributed by atoms with van der Waals surface area (Å²) in [7, 11) is 1.73. The summed E-state index contributed by atoms with van der Waals surface area (Å²) in [6, 6.07) is 11.6. The van der Waals surface area contributed by atoms with E-state index in [1.807, 2.05) is 18.3 Å². The van der Waals surface area contributed by atoms with Gasteiger partial charge in [0.1, 0.15) is 5.75 Å². The third-order valence-electron chi connectivity index (χ3n) is 6.24. The van der Waals surface area contributed by atoms with Crippen LogP contribution in [0.5, 0.6) is 5.75 Å². The summed E-state index contributed by atoms with van der Waals surface area (Å²) in [6.07, 6.45) is 5.38. The number of aromatic nitrogens is 1. The van der Waals surface area contributed by atoms with Gasteiger partial charge in [-0.3, -0.25) is 4.90 Å². The normalized spacial score (nSPS) is 18.3. The fourth-order valence-electron chi connectivity index (χ4n) is 4.54. The third-order valence-corrected chi connectivity index (χ3v) is 6.24. The molecule has 1 aromatic heterocycles. The molecular formula is C25H30N3O3-. The highest BCUT2D eigenvalue weighted by molar-refractivity contribution is 5.88.